The van der Waals surface area contributed by atoms with Crippen molar-refractivity contribution in [3.63, 3.8) is 0 Å². The van der Waals surface area contributed by atoms with Gasteiger partial charge in [-0.15, -0.1) is 0 Å². The maximum Gasteiger partial charge on any atom is 0.200 e. The number of fused-ring (bicyclic) bond motifs is 1. The lowest BCUT2D eigenvalue weighted by molar-refractivity contribution is 0.415. The van der Waals surface area contributed by atoms with Gasteiger partial charge in [0.1, 0.15) is 5.75 Å². The summed E-state index contributed by atoms with van der Waals surface area (Å²) >= 11 is 5.72. The van der Waals surface area contributed by atoms with E-state index in [-0.39, 0.29) is 0 Å². The molecule has 29 heavy (non-hydrogen) atoms. The first-order chi connectivity index (χ1) is 14.1. The molecule has 0 saturated heterocycles. The number of benzene rings is 3. The Morgan fingerprint density at radius 3 is 2.34 bits per heavy atom. The van der Waals surface area contributed by atoms with E-state index in [2.05, 4.69) is 60.9 Å². The van der Waals surface area contributed by atoms with Crippen LogP contribution in [0.1, 0.15) is 30.9 Å². The summed E-state index contributed by atoms with van der Waals surface area (Å²) in [6.45, 7) is 5.08. The fourth-order valence-corrected chi connectivity index (χ4v) is 3.81. The molecule has 4 aromatic rings. The lowest BCUT2D eigenvalue weighted by atomic mass is 9.99. The van der Waals surface area contributed by atoms with Gasteiger partial charge in [-0.25, -0.2) is 4.98 Å². The summed E-state index contributed by atoms with van der Waals surface area (Å²) in [5.41, 5.74) is 5.51. The largest absolute Gasteiger partial charge is 0.497 e. The third kappa shape index (κ3) is 3.94. The van der Waals surface area contributed by atoms with E-state index >= 15 is 0 Å². The summed E-state index contributed by atoms with van der Waals surface area (Å²) in [4.78, 5) is 4.84. The van der Waals surface area contributed by atoms with Crippen molar-refractivity contribution in [2.75, 3.05) is 7.11 Å². The second-order valence-electron chi connectivity index (χ2n) is 7.47. The minimum atomic E-state index is 0.493. The Morgan fingerprint density at radius 1 is 0.966 bits per heavy atom. The molecule has 0 aliphatic rings. The minimum Gasteiger partial charge on any atom is -0.497 e. The average Bonchev–Trinajstić information content (AvgIpc) is 2.76. The Kier molecular flexibility index (Phi) is 5.45. The summed E-state index contributed by atoms with van der Waals surface area (Å²) < 4.78 is 8.16. The van der Waals surface area contributed by atoms with Crippen molar-refractivity contribution in [3.05, 3.63) is 88.7 Å². The molecule has 0 aliphatic heterocycles. The Bertz CT molecular complexity index is 1200. The first kappa shape index (κ1) is 19.3. The predicted octanol–water partition coefficient (Wildman–Crippen LogP) is 6.61. The van der Waals surface area contributed by atoms with Crippen LogP contribution >= 0.6 is 12.2 Å². The number of methoxy groups -OCH3 is 1. The first-order valence-electron chi connectivity index (χ1n) is 9.79. The average molecular weight is 401 g/mol. The van der Waals surface area contributed by atoms with Gasteiger partial charge in [0.05, 0.1) is 24.9 Å². The van der Waals surface area contributed by atoms with Crippen molar-refractivity contribution in [2.45, 2.75) is 26.3 Å². The van der Waals surface area contributed by atoms with Crippen LogP contribution in [0.2, 0.25) is 0 Å². The highest BCUT2D eigenvalue weighted by Crippen LogP contribution is 2.31. The molecule has 0 spiro atoms. The van der Waals surface area contributed by atoms with E-state index in [0.29, 0.717) is 17.2 Å². The highest BCUT2D eigenvalue weighted by Gasteiger charge is 2.13. The monoisotopic (exact) mass is 400 g/mol. The molecule has 0 amide bonds. The van der Waals surface area contributed by atoms with Gasteiger partial charge in [-0.05, 0) is 47.5 Å². The molecule has 0 fully saturated rings. The Labute approximate surface area is 176 Å². The van der Waals surface area contributed by atoms with E-state index in [9.17, 15) is 0 Å². The zero-order chi connectivity index (χ0) is 20.4. The standard InChI is InChI=1S/C25H24N2OS/c1-17(2)19-9-11-20(12-10-19)24-22-15-21(28-3)13-14-23(22)27(25(29)26-24)16-18-7-5-4-6-8-18/h4-15,17H,16H2,1-3H3. The third-order valence-corrected chi connectivity index (χ3v) is 5.53. The number of ether oxygens (including phenoxy) is 1. The van der Waals surface area contributed by atoms with Crippen molar-refractivity contribution in [2.24, 2.45) is 0 Å². The summed E-state index contributed by atoms with van der Waals surface area (Å²) in [6.07, 6.45) is 0. The van der Waals surface area contributed by atoms with E-state index in [1.54, 1.807) is 7.11 Å². The highest BCUT2D eigenvalue weighted by molar-refractivity contribution is 7.71. The van der Waals surface area contributed by atoms with Crippen LogP contribution in [0, 0.1) is 4.77 Å². The normalized spacial score (nSPS) is 11.2. The van der Waals surface area contributed by atoms with Gasteiger partial charge in [-0.2, -0.15) is 0 Å². The van der Waals surface area contributed by atoms with Gasteiger partial charge < -0.3 is 9.30 Å². The molecule has 4 heteroatoms. The van der Waals surface area contributed by atoms with Crippen LogP contribution in [0.25, 0.3) is 22.2 Å². The van der Waals surface area contributed by atoms with E-state index in [1.807, 2.05) is 30.3 Å². The molecular weight excluding hydrogens is 376 g/mol. The molecule has 0 saturated carbocycles. The van der Waals surface area contributed by atoms with Gasteiger partial charge in [0.25, 0.3) is 0 Å². The summed E-state index contributed by atoms with van der Waals surface area (Å²) in [5, 5.41) is 1.03. The molecular formula is C25H24N2OS. The smallest absolute Gasteiger partial charge is 0.200 e. The predicted molar refractivity (Wildman–Crippen MR) is 122 cm³/mol. The topological polar surface area (TPSA) is 27.1 Å². The van der Waals surface area contributed by atoms with Gasteiger partial charge in [0.15, 0.2) is 0 Å². The zero-order valence-corrected chi connectivity index (χ0v) is 17.7. The Morgan fingerprint density at radius 2 is 1.69 bits per heavy atom. The van der Waals surface area contributed by atoms with Crippen LogP contribution < -0.4 is 4.74 Å². The molecule has 3 aromatic carbocycles. The summed E-state index contributed by atoms with van der Waals surface area (Å²) in [6, 6.07) is 25.0. The van der Waals surface area contributed by atoms with Crippen molar-refractivity contribution in [3.8, 4) is 17.0 Å². The molecule has 0 bridgehead atoms. The van der Waals surface area contributed by atoms with Crippen molar-refractivity contribution >= 4 is 23.1 Å². The van der Waals surface area contributed by atoms with Crippen LogP contribution in [-0.4, -0.2) is 16.7 Å². The van der Waals surface area contributed by atoms with E-state index in [4.69, 9.17) is 21.9 Å². The van der Waals surface area contributed by atoms with E-state index < -0.39 is 0 Å². The molecule has 0 atom stereocenters. The van der Waals surface area contributed by atoms with Crippen molar-refractivity contribution in [1.29, 1.82) is 0 Å². The zero-order valence-electron chi connectivity index (χ0n) is 16.9. The first-order valence-corrected chi connectivity index (χ1v) is 10.2. The molecule has 1 aromatic heterocycles. The summed E-state index contributed by atoms with van der Waals surface area (Å²) in [7, 11) is 1.69. The van der Waals surface area contributed by atoms with Crippen LogP contribution in [0.3, 0.4) is 0 Å². The molecule has 3 nitrogen and oxygen atoms in total. The fraction of sp³-hybridized carbons (Fsp3) is 0.200. The van der Waals surface area contributed by atoms with Gasteiger partial charge in [-0.3, -0.25) is 0 Å². The number of hydrogen-bond donors (Lipinski definition) is 0. The number of hydrogen-bond acceptors (Lipinski definition) is 3. The maximum absolute atomic E-state index is 5.72. The quantitative estimate of drug-likeness (QED) is 0.353. The van der Waals surface area contributed by atoms with Crippen molar-refractivity contribution in [1.82, 2.24) is 9.55 Å². The van der Waals surface area contributed by atoms with Gasteiger partial charge in [0, 0.05) is 10.9 Å². The van der Waals surface area contributed by atoms with Crippen LogP contribution in [-0.2, 0) is 6.54 Å². The van der Waals surface area contributed by atoms with E-state index in [0.717, 1.165) is 27.9 Å². The minimum absolute atomic E-state index is 0.493. The molecule has 146 valence electrons. The number of aromatic nitrogens is 2. The van der Waals surface area contributed by atoms with Gasteiger partial charge in [0.2, 0.25) is 4.77 Å². The van der Waals surface area contributed by atoms with E-state index in [1.165, 1.54) is 11.1 Å². The van der Waals surface area contributed by atoms with Gasteiger partial charge in [-0.1, -0.05) is 68.4 Å². The van der Waals surface area contributed by atoms with Crippen LogP contribution in [0.4, 0.5) is 0 Å². The van der Waals surface area contributed by atoms with Crippen LogP contribution in [0.5, 0.6) is 5.75 Å². The molecule has 0 radical (unpaired) electrons. The number of nitrogens with zero attached hydrogens (tertiary/aromatic N) is 2. The second-order valence-corrected chi connectivity index (χ2v) is 7.84. The maximum atomic E-state index is 5.72. The van der Waals surface area contributed by atoms with Crippen molar-refractivity contribution < 1.29 is 4.74 Å². The SMILES string of the molecule is COc1ccc2c(c1)c(-c1ccc(C(C)C)cc1)nc(=S)n2Cc1ccccc1. The summed E-state index contributed by atoms with van der Waals surface area (Å²) in [5.74, 6) is 1.30. The third-order valence-electron chi connectivity index (χ3n) is 5.22. The Hall–Kier alpha value is -2.98. The lowest BCUT2D eigenvalue weighted by Crippen LogP contribution is -2.07. The lowest BCUT2D eigenvalue weighted by Gasteiger charge is -2.16. The molecule has 0 aliphatic carbocycles. The molecule has 4 rings (SSSR count). The molecule has 0 unspecified atom stereocenters. The van der Waals surface area contributed by atoms with Crippen LogP contribution in [0.15, 0.2) is 72.8 Å². The molecule has 0 N–H and O–H groups in total. The fourth-order valence-electron chi connectivity index (χ4n) is 3.55. The molecule has 1 heterocycles. The Balaban J connectivity index is 1.91. The van der Waals surface area contributed by atoms with Gasteiger partial charge >= 0.3 is 0 Å². The second kappa shape index (κ2) is 8.18. The number of rotatable bonds is 5. The highest BCUT2D eigenvalue weighted by atomic mass is 32.1.